The van der Waals surface area contributed by atoms with Crippen LogP contribution in [-0.2, 0) is 24.3 Å². The second-order valence-electron chi connectivity index (χ2n) is 11.6. The highest BCUT2D eigenvalue weighted by Crippen LogP contribution is 2.36. The van der Waals surface area contributed by atoms with Crippen molar-refractivity contribution in [3.05, 3.63) is 71.8 Å². The number of likely N-dealkylation sites (tertiary alicyclic amines) is 1. The fourth-order valence-electron chi connectivity index (χ4n) is 6.78. The van der Waals surface area contributed by atoms with Gasteiger partial charge in [0.15, 0.2) is 0 Å². The fourth-order valence-corrected chi connectivity index (χ4v) is 6.78. The number of aromatic nitrogens is 3. The van der Waals surface area contributed by atoms with Crippen LogP contribution < -0.4 is 5.73 Å². The van der Waals surface area contributed by atoms with Gasteiger partial charge in [-0.25, -0.2) is 0 Å². The third kappa shape index (κ3) is 5.37. The van der Waals surface area contributed by atoms with Crippen LogP contribution in [-0.4, -0.2) is 55.9 Å². The lowest BCUT2D eigenvalue weighted by atomic mass is 9.90. The molecule has 6 rings (SSSR count). The number of hydrogen-bond acceptors (Lipinski definition) is 5. The highest BCUT2D eigenvalue weighted by atomic mass is 16.2. The molecule has 0 radical (unpaired) electrons. The molecule has 2 N–H and O–H groups in total. The van der Waals surface area contributed by atoms with Crippen molar-refractivity contribution < 1.29 is 4.79 Å². The van der Waals surface area contributed by atoms with Crippen LogP contribution in [0.25, 0.3) is 21.8 Å². The maximum atomic E-state index is 13.6. The van der Waals surface area contributed by atoms with Crippen molar-refractivity contribution in [3.8, 4) is 0 Å². The standard InChI is InChI=1S/C33H42N6O/c1-2-3-6-19-38(30-13-7-9-24-10-8-17-36-32(24)30)22-28-33-27(14-18-35-28)26-11-4-5-12-29(26)39(33)23-31(40)37-20-15-25(34)16-21-37/h4-5,8,10-12,14,17-18,25,30H,2-3,6-7,9,13,15-16,19-23,34H2,1H3/t30-/m0/s1. The molecule has 40 heavy (non-hydrogen) atoms. The van der Waals surface area contributed by atoms with Gasteiger partial charge in [0.25, 0.3) is 0 Å². The van der Waals surface area contributed by atoms with Crippen molar-refractivity contribution in [2.24, 2.45) is 5.73 Å². The molecule has 0 bridgehead atoms. The van der Waals surface area contributed by atoms with Gasteiger partial charge in [-0.2, -0.15) is 0 Å². The van der Waals surface area contributed by atoms with Crippen molar-refractivity contribution in [1.82, 2.24) is 24.3 Å². The quantitative estimate of drug-likeness (QED) is 0.281. The maximum absolute atomic E-state index is 13.6. The molecule has 4 heterocycles. The molecule has 210 valence electrons. The van der Waals surface area contributed by atoms with Gasteiger partial charge >= 0.3 is 0 Å². The Hall–Kier alpha value is -3.29. The third-order valence-electron chi connectivity index (χ3n) is 8.95. The first-order chi connectivity index (χ1) is 19.6. The number of benzene rings is 1. The van der Waals surface area contributed by atoms with E-state index in [-0.39, 0.29) is 18.0 Å². The van der Waals surface area contributed by atoms with Crippen LogP contribution in [0.5, 0.6) is 0 Å². The Balaban J connectivity index is 1.39. The van der Waals surface area contributed by atoms with Crippen LogP contribution >= 0.6 is 0 Å². The highest BCUT2D eigenvalue weighted by Gasteiger charge is 2.29. The van der Waals surface area contributed by atoms with Crippen LogP contribution in [0, 0.1) is 0 Å². The van der Waals surface area contributed by atoms with Gasteiger partial charge in [0.05, 0.1) is 22.9 Å². The summed E-state index contributed by atoms with van der Waals surface area (Å²) in [5, 5.41) is 2.35. The summed E-state index contributed by atoms with van der Waals surface area (Å²) in [6.45, 7) is 5.81. The number of aryl methyl sites for hydroxylation is 1. The van der Waals surface area contributed by atoms with Crippen molar-refractivity contribution >= 4 is 27.7 Å². The fraction of sp³-hybridized carbons (Fsp3) is 0.485. The lowest BCUT2D eigenvalue weighted by Gasteiger charge is -2.35. The van der Waals surface area contributed by atoms with Crippen molar-refractivity contribution in [1.29, 1.82) is 0 Å². The molecule has 1 fully saturated rings. The Morgan fingerprint density at radius 2 is 1.85 bits per heavy atom. The van der Waals surface area contributed by atoms with E-state index in [0.29, 0.717) is 6.54 Å². The van der Waals surface area contributed by atoms with E-state index in [9.17, 15) is 4.79 Å². The molecular formula is C33H42N6O. The first-order valence-electron chi connectivity index (χ1n) is 15.2. The Bertz CT molecular complexity index is 1470. The minimum atomic E-state index is 0.162. The van der Waals surface area contributed by atoms with E-state index in [1.165, 1.54) is 41.3 Å². The number of pyridine rings is 2. The topological polar surface area (TPSA) is 80.3 Å². The predicted molar refractivity (Wildman–Crippen MR) is 161 cm³/mol. The van der Waals surface area contributed by atoms with Crippen LogP contribution in [0.3, 0.4) is 0 Å². The molecular weight excluding hydrogens is 496 g/mol. The van der Waals surface area contributed by atoms with Gasteiger partial charge in [-0.05, 0) is 68.8 Å². The summed E-state index contributed by atoms with van der Waals surface area (Å²) in [4.78, 5) is 28.0. The van der Waals surface area contributed by atoms with Gasteiger partial charge in [-0.15, -0.1) is 0 Å². The second kappa shape index (κ2) is 12.1. The van der Waals surface area contributed by atoms with E-state index < -0.39 is 0 Å². The largest absolute Gasteiger partial charge is 0.341 e. The number of fused-ring (bicyclic) bond motifs is 4. The molecule has 0 spiro atoms. The molecule has 7 nitrogen and oxygen atoms in total. The smallest absolute Gasteiger partial charge is 0.242 e. The van der Waals surface area contributed by atoms with Crippen LogP contribution in [0.4, 0.5) is 0 Å². The summed E-state index contributed by atoms with van der Waals surface area (Å²) in [5.41, 5.74) is 12.0. The summed E-state index contributed by atoms with van der Waals surface area (Å²) >= 11 is 0. The minimum absolute atomic E-state index is 0.162. The number of carbonyl (C=O) groups excluding carboxylic acids is 1. The van der Waals surface area contributed by atoms with Crippen molar-refractivity contribution in [2.75, 3.05) is 19.6 Å². The van der Waals surface area contributed by atoms with Crippen molar-refractivity contribution in [2.45, 2.75) is 83.5 Å². The van der Waals surface area contributed by atoms with Gasteiger partial charge in [-0.1, -0.05) is 44.0 Å². The van der Waals surface area contributed by atoms with Gasteiger partial charge in [-0.3, -0.25) is 19.7 Å². The van der Waals surface area contributed by atoms with Gasteiger partial charge in [0.2, 0.25) is 5.91 Å². The van der Waals surface area contributed by atoms with Gasteiger partial charge in [0.1, 0.15) is 6.54 Å². The van der Waals surface area contributed by atoms with E-state index >= 15 is 0 Å². The van der Waals surface area contributed by atoms with Crippen LogP contribution in [0.2, 0.25) is 0 Å². The normalized spacial score (nSPS) is 18.1. The number of nitrogens with two attached hydrogens (primary N) is 1. The van der Waals surface area contributed by atoms with E-state index in [0.717, 1.165) is 75.0 Å². The summed E-state index contributed by atoms with van der Waals surface area (Å²) in [7, 11) is 0. The number of rotatable bonds is 9. The second-order valence-corrected chi connectivity index (χ2v) is 11.6. The lowest BCUT2D eigenvalue weighted by Crippen LogP contribution is -2.44. The molecule has 3 aromatic heterocycles. The molecule has 1 saturated heterocycles. The average molecular weight is 539 g/mol. The molecule has 7 heteroatoms. The van der Waals surface area contributed by atoms with E-state index in [4.69, 9.17) is 15.7 Å². The zero-order chi connectivity index (χ0) is 27.5. The number of nitrogens with zero attached hydrogens (tertiary/aromatic N) is 5. The third-order valence-corrected chi connectivity index (χ3v) is 8.95. The summed E-state index contributed by atoms with van der Waals surface area (Å²) < 4.78 is 2.22. The molecule has 4 aromatic rings. The summed E-state index contributed by atoms with van der Waals surface area (Å²) in [6, 6.07) is 15.4. The SMILES string of the molecule is CCCCCN(Cc1nccc2c3ccccc3n(CC(=O)N3CCC(N)CC3)c12)[C@H]1CCCc2cccnc21. The molecule has 0 saturated carbocycles. The average Bonchev–Trinajstić information content (AvgIpc) is 3.31. The van der Waals surface area contributed by atoms with E-state index in [1.54, 1.807) is 0 Å². The predicted octanol–water partition coefficient (Wildman–Crippen LogP) is 5.60. The maximum Gasteiger partial charge on any atom is 0.242 e. The molecule has 2 aliphatic rings. The molecule has 1 aliphatic carbocycles. The Labute approximate surface area is 237 Å². The number of carbonyl (C=O) groups is 1. The minimum Gasteiger partial charge on any atom is -0.341 e. The Kier molecular flexibility index (Phi) is 8.12. The van der Waals surface area contributed by atoms with Gasteiger partial charge < -0.3 is 15.2 Å². The zero-order valence-electron chi connectivity index (χ0n) is 23.8. The lowest BCUT2D eigenvalue weighted by molar-refractivity contribution is -0.132. The van der Waals surface area contributed by atoms with Crippen molar-refractivity contribution in [3.63, 3.8) is 0 Å². The first-order valence-corrected chi connectivity index (χ1v) is 15.2. The number of amides is 1. The summed E-state index contributed by atoms with van der Waals surface area (Å²) in [5.74, 6) is 0.162. The van der Waals surface area contributed by atoms with Crippen LogP contribution in [0.1, 0.15) is 74.9 Å². The molecule has 1 atom stereocenters. The monoisotopic (exact) mass is 538 g/mol. The number of piperidine rings is 1. The number of para-hydroxylation sites is 1. The van der Waals surface area contributed by atoms with Crippen LogP contribution in [0.15, 0.2) is 54.9 Å². The van der Waals surface area contributed by atoms with E-state index in [1.807, 2.05) is 17.3 Å². The molecule has 0 unspecified atom stereocenters. The Morgan fingerprint density at radius 1 is 1.00 bits per heavy atom. The molecule has 1 aliphatic heterocycles. The zero-order valence-corrected chi connectivity index (χ0v) is 23.8. The molecule has 1 amide bonds. The number of hydrogen-bond donors (Lipinski definition) is 1. The molecule has 1 aromatic carbocycles. The highest BCUT2D eigenvalue weighted by molar-refractivity contribution is 6.09. The summed E-state index contributed by atoms with van der Waals surface area (Å²) in [6.07, 6.45) is 12.6. The first kappa shape index (κ1) is 26.9. The van der Waals surface area contributed by atoms with Gasteiger partial charge in [0, 0.05) is 54.4 Å². The Morgan fingerprint density at radius 3 is 2.70 bits per heavy atom. The van der Waals surface area contributed by atoms with E-state index in [2.05, 4.69) is 58.9 Å². The number of unbranched alkanes of at least 4 members (excludes halogenated alkanes) is 2.